The van der Waals surface area contributed by atoms with Crippen LogP contribution >= 0.6 is 0 Å². The molecule has 0 saturated carbocycles. The lowest BCUT2D eigenvalue weighted by Gasteiger charge is -2.22. The van der Waals surface area contributed by atoms with Crippen molar-refractivity contribution in [3.05, 3.63) is 107 Å². The minimum absolute atomic E-state index is 0.0303. The first-order valence-corrected chi connectivity index (χ1v) is 21.7. The molecule has 342 valence electrons. The molecule has 0 radical (unpaired) electrons. The number of primary amides is 2. The summed E-state index contributed by atoms with van der Waals surface area (Å²) >= 11 is 0. The summed E-state index contributed by atoms with van der Waals surface area (Å²) in [4.78, 5) is 87.4. The number of hydrogen-bond donors (Lipinski definition) is 7. The van der Waals surface area contributed by atoms with Gasteiger partial charge in [-0.3, -0.25) is 28.8 Å². The van der Waals surface area contributed by atoms with E-state index in [-0.39, 0.29) is 38.0 Å². The number of unbranched alkanes of at least 4 members (excludes halogenated alkanes) is 11. The van der Waals surface area contributed by atoms with E-state index in [1.807, 2.05) is 6.07 Å². The van der Waals surface area contributed by atoms with Gasteiger partial charge in [0, 0.05) is 32.1 Å². The highest BCUT2D eigenvalue weighted by molar-refractivity contribution is 5.94. The number of rotatable bonds is 31. The zero-order valence-electron chi connectivity index (χ0n) is 35.8. The minimum atomic E-state index is -1.28. The van der Waals surface area contributed by atoms with Crippen LogP contribution in [-0.4, -0.2) is 70.7 Å². The summed E-state index contributed by atoms with van der Waals surface area (Å²) in [6.07, 6.45) is 10.8. The second-order valence-corrected chi connectivity index (χ2v) is 15.8. The molecule has 4 atom stereocenters. The van der Waals surface area contributed by atoms with Crippen LogP contribution in [-0.2, 0) is 52.8 Å². The molecule has 0 heterocycles. The summed E-state index contributed by atoms with van der Waals surface area (Å²) in [6.45, 7) is 0. The van der Waals surface area contributed by atoms with E-state index in [0.717, 1.165) is 81.9 Å². The molecule has 3 aromatic rings. The van der Waals surface area contributed by atoms with E-state index >= 15 is 0 Å². The standard InChI is InChI=1S/C47H62F2N6O8/c48-35-26-25-34(27-36(35)49)30-38(45(60)54-37(44(51)59)28-32-19-13-11-14-20-32)52-42(57)23-17-9-7-5-3-1-2-4-6-8-10-18-24-43(58)53-39(31-41(50)56)46(61)55-40(47(62)63)29-33-21-15-12-16-22-33/h11-16,19-22,25-27,37-40H,1-10,17-18,23-24,28-31H2,(H2,50,56)(H2,51,59)(H,52,57)(H,53,58)(H,54,60)(H,55,61)(H,62,63)/t37-,38-,39-,40-/m0/s1. The van der Waals surface area contributed by atoms with Crippen LogP contribution in [0.1, 0.15) is 113 Å². The Bertz CT molecular complexity index is 1940. The zero-order chi connectivity index (χ0) is 46.0. The van der Waals surface area contributed by atoms with E-state index in [4.69, 9.17) is 11.5 Å². The van der Waals surface area contributed by atoms with Crippen LogP contribution < -0.4 is 32.7 Å². The predicted molar refractivity (Wildman–Crippen MR) is 233 cm³/mol. The van der Waals surface area contributed by atoms with Gasteiger partial charge in [0.05, 0.1) is 6.42 Å². The molecule has 0 aromatic heterocycles. The average Bonchev–Trinajstić information content (AvgIpc) is 3.24. The molecular weight excluding hydrogens is 815 g/mol. The Morgan fingerprint density at radius 2 is 0.889 bits per heavy atom. The largest absolute Gasteiger partial charge is 0.480 e. The molecule has 0 fully saturated rings. The molecule has 0 spiro atoms. The maximum Gasteiger partial charge on any atom is 0.326 e. The molecule has 0 saturated heterocycles. The number of aliphatic carboxylic acids is 1. The predicted octanol–water partition coefficient (Wildman–Crippen LogP) is 4.84. The molecule has 63 heavy (non-hydrogen) atoms. The fourth-order valence-electron chi connectivity index (χ4n) is 7.06. The van der Waals surface area contributed by atoms with Crippen molar-refractivity contribution in [2.75, 3.05) is 0 Å². The van der Waals surface area contributed by atoms with Gasteiger partial charge in [0.25, 0.3) is 0 Å². The number of carboxylic acid groups (broad SMARTS) is 1. The van der Waals surface area contributed by atoms with Gasteiger partial charge in [-0.05, 0) is 41.7 Å². The fourth-order valence-corrected chi connectivity index (χ4v) is 7.06. The number of carbonyl (C=O) groups is 7. The van der Waals surface area contributed by atoms with Crippen LogP contribution in [0.4, 0.5) is 8.78 Å². The first-order chi connectivity index (χ1) is 30.2. The van der Waals surface area contributed by atoms with E-state index in [9.17, 15) is 47.4 Å². The van der Waals surface area contributed by atoms with Crippen LogP contribution in [0.3, 0.4) is 0 Å². The smallest absolute Gasteiger partial charge is 0.326 e. The molecule has 6 amide bonds. The second-order valence-electron chi connectivity index (χ2n) is 15.8. The van der Waals surface area contributed by atoms with Gasteiger partial charge >= 0.3 is 5.97 Å². The van der Waals surface area contributed by atoms with Crippen LogP contribution in [0.5, 0.6) is 0 Å². The van der Waals surface area contributed by atoms with Gasteiger partial charge in [0.1, 0.15) is 24.2 Å². The molecule has 3 aromatic carbocycles. The van der Waals surface area contributed by atoms with Crippen molar-refractivity contribution in [1.82, 2.24) is 21.3 Å². The number of nitrogens with two attached hydrogens (primary N) is 2. The van der Waals surface area contributed by atoms with Crippen LogP contribution in [0.15, 0.2) is 78.9 Å². The molecule has 0 unspecified atom stereocenters. The minimum Gasteiger partial charge on any atom is -0.480 e. The SMILES string of the molecule is NC(=O)C[C@H](NC(=O)CCCCCCCCCCCCCCC(=O)N[C@@H](Cc1ccc(F)c(F)c1)C(=O)N[C@@H](Cc1ccccc1)C(N)=O)C(=O)N[C@@H](Cc1ccccc1)C(=O)O. The van der Waals surface area contributed by atoms with E-state index in [1.165, 1.54) is 6.07 Å². The first kappa shape index (κ1) is 51.2. The summed E-state index contributed by atoms with van der Waals surface area (Å²) in [5.74, 6) is -7.18. The lowest BCUT2D eigenvalue weighted by atomic mass is 10.0. The number of nitrogens with one attached hydrogen (secondary N) is 4. The number of benzene rings is 3. The summed E-state index contributed by atoms with van der Waals surface area (Å²) < 4.78 is 27.5. The van der Waals surface area contributed by atoms with E-state index in [2.05, 4.69) is 21.3 Å². The van der Waals surface area contributed by atoms with Crippen LogP contribution in [0.25, 0.3) is 0 Å². The van der Waals surface area contributed by atoms with E-state index in [0.29, 0.717) is 24.0 Å². The Morgan fingerprint density at radius 3 is 1.33 bits per heavy atom. The third-order valence-corrected chi connectivity index (χ3v) is 10.5. The molecule has 14 nitrogen and oxygen atoms in total. The molecule has 0 bridgehead atoms. The number of amides is 6. The van der Waals surface area contributed by atoms with Gasteiger partial charge in [-0.25, -0.2) is 13.6 Å². The normalized spacial score (nSPS) is 12.9. The highest BCUT2D eigenvalue weighted by Gasteiger charge is 2.29. The number of hydrogen-bond acceptors (Lipinski definition) is 7. The lowest BCUT2D eigenvalue weighted by Crippen LogP contribution is -2.54. The van der Waals surface area contributed by atoms with Crippen LogP contribution in [0.2, 0.25) is 0 Å². The van der Waals surface area contributed by atoms with Gasteiger partial charge in [0.2, 0.25) is 35.4 Å². The lowest BCUT2D eigenvalue weighted by molar-refractivity contribution is -0.142. The van der Waals surface area contributed by atoms with Gasteiger partial charge < -0.3 is 37.8 Å². The maximum atomic E-state index is 14.0. The molecule has 0 aliphatic rings. The summed E-state index contributed by atoms with van der Waals surface area (Å²) in [5, 5.41) is 19.9. The van der Waals surface area contributed by atoms with Gasteiger partial charge in [-0.1, -0.05) is 131 Å². The highest BCUT2D eigenvalue weighted by atomic mass is 19.2. The number of carbonyl (C=O) groups excluding carboxylic acids is 6. The fraction of sp³-hybridized carbons (Fsp3) is 0.468. The Kier molecular flexibility index (Phi) is 23.1. The maximum absolute atomic E-state index is 14.0. The van der Waals surface area contributed by atoms with Crippen molar-refractivity contribution in [2.24, 2.45) is 11.5 Å². The Balaban J connectivity index is 1.28. The summed E-state index contributed by atoms with van der Waals surface area (Å²) in [5.41, 5.74) is 12.6. The van der Waals surface area contributed by atoms with E-state index in [1.54, 1.807) is 54.6 Å². The molecule has 0 aliphatic heterocycles. The zero-order valence-corrected chi connectivity index (χ0v) is 35.8. The van der Waals surface area contributed by atoms with Crippen molar-refractivity contribution < 1.29 is 47.4 Å². The third kappa shape index (κ3) is 21.0. The molecule has 0 aliphatic carbocycles. The van der Waals surface area contributed by atoms with Crippen LogP contribution in [0, 0.1) is 11.6 Å². The molecular formula is C47H62F2N6O8. The Labute approximate surface area is 367 Å². The molecule has 3 rings (SSSR count). The van der Waals surface area contributed by atoms with Gasteiger partial charge in [-0.15, -0.1) is 0 Å². The van der Waals surface area contributed by atoms with Crippen molar-refractivity contribution in [3.63, 3.8) is 0 Å². The Morgan fingerprint density at radius 1 is 0.476 bits per heavy atom. The van der Waals surface area contributed by atoms with E-state index < -0.39 is 77.7 Å². The highest BCUT2D eigenvalue weighted by Crippen LogP contribution is 2.15. The molecule has 16 heteroatoms. The average molecular weight is 877 g/mol. The van der Waals surface area contributed by atoms with Gasteiger partial charge in [-0.2, -0.15) is 0 Å². The van der Waals surface area contributed by atoms with Crippen molar-refractivity contribution >= 4 is 41.4 Å². The number of halogens is 2. The summed E-state index contributed by atoms with van der Waals surface area (Å²) in [6, 6.07) is 16.2. The van der Waals surface area contributed by atoms with Crippen molar-refractivity contribution in [3.8, 4) is 0 Å². The third-order valence-electron chi connectivity index (χ3n) is 10.5. The molecule has 9 N–H and O–H groups in total. The Hall–Kier alpha value is -6.19. The first-order valence-electron chi connectivity index (χ1n) is 21.7. The monoisotopic (exact) mass is 876 g/mol. The van der Waals surface area contributed by atoms with Gasteiger partial charge in [0.15, 0.2) is 11.6 Å². The quantitative estimate of drug-likeness (QED) is 0.0441. The summed E-state index contributed by atoms with van der Waals surface area (Å²) in [7, 11) is 0. The topological polar surface area (TPSA) is 240 Å². The van der Waals surface area contributed by atoms with Crippen molar-refractivity contribution in [2.45, 2.75) is 140 Å². The second kappa shape index (κ2) is 28.4. The number of carboxylic acids is 1. The van der Waals surface area contributed by atoms with Crippen molar-refractivity contribution in [1.29, 1.82) is 0 Å².